The van der Waals surface area contributed by atoms with E-state index >= 15 is 0 Å². The number of likely N-dealkylation sites (N-methyl/N-ethyl adjacent to an activating group) is 1. The first-order chi connectivity index (χ1) is 21.1. The minimum absolute atomic E-state index is 0.00347. The number of nitrogens with one attached hydrogen (secondary N) is 1. The minimum Gasteiger partial charge on any atom is -0.462 e. The summed E-state index contributed by atoms with van der Waals surface area (Å²) in [5, 5.41) is 8.47. The third-order valence-electron chi connectivity index (χ3n) is 8.36. The van der Waals surface area contributed by atoms with Gasteiger partial charge in [0.25, 0.3) is 5.91 Å². The van der Waals surface area contributed by atoms with E-state index < -0.39 is 18.0 Å². The largest absolute Gasteiger partial charge is 0.462 e. The Morgan fingerprint density at radius 1 is 1.13 bits per heavy atom. The molecule has 11 heteroatoms. The second-order valence-electron chi connectivity index (χ2n) is 14.1. The molecule has 246 valence electrons. The molecule has 3 N–H and O–H groups in total. The van der Waals surface area contributed by atoms with Gasteiger partial charge in [0.15, 0.2) is 5.78 Å². The van der Waals surface area contributed by atoms with Crippen molar-refractivity contribution in [2.24, 2.45) is 17.1 Å². The Balaban J connectivity index is 1.48. The maximum Gasteiger partial charge on any atom is 0.309 e. The van der Waals surface area contributed by atoms with E-state index in [-0.39, 0.29) is 35.7 Å². The van der Waals surface area contributed by atoms with E-state index in [0.29, 0.717) is 49.4 Å². The second kappa shape index (κ2) is 14.1. The number of fused-ring (bicyclic) bond motifs is 1. The fourth-order valence-electron chi connectivity index (χ4n) is 6.52. The van der Waals surface area contributed by atoms with Crippen molar-refractivity contribution in [1.29, 1.82) is 0 Å². The van der Waals surface area contributed by atoms with Gasteiger partial charge in [0.1, 0.15) is 12.2 Å². The van der Waals surface area contributed by atoms with Crippen molar-refractivity contribution in [3.05, 3.63) is 40.7 Å². The number of hydrogen-bond acceptors (Lipinski definition) is 9. The molecular weight excluding hydrogens is 574 g/mol. The number of hydrogen-bond donors (Lipinski definition) is 2. The van der Waals surface area contributed by atoms with Crippen molar-refractivity contribution < 1.29 is 28.7 Å². The summed E-state index contributed by atoms with van der Waals surface area (Å²) < 4.78 is 12.9. The number of ketones is 1. The van der Waals surface area contributed by atoms with E-state index in [1.165, 1.54) is 6.92 Å². The number of aromatic nitrogens is 2. The van der Waals surface area contributed by atoms with Crippen LogP contribution in [0, 0.1) is 11.3 Å². The Kier molecular flexibility index (Phi) is 10.7. The fraction of sp³-hybridized carbons (Fsp3) is 0.618. The van der Waals surface area contributed by atoms with Crippen LogP contribution in [-0.2, 0) is 31.9 Å². The number of primary amides is 1. The van der Waals surface area contributed by atoms with Crippen LogP contribution in [0.1, 0.15) is 105 Å². The number of esters is 2. The van der Waals surface area contributed by atoms with Crippen LogP contribution in [0.25, 0.3) is 5.69 Å². The van der Waals surface area contributed by atoms with Gasteiger partial charge in [-0.15, -0.1) is 0 Å². The number of nitrogens with zero attached hydrogens (tertiary/aromatic N) is 3. The Bertz CT molecular complexity index is 1420. The smallest absolute Gasteiger partial charge is 0.309 e. The molecule has 11 nitrogen and oxygen atoms in total. The highest BCUT2D eigenvalue weighted by Crippen LogP contribution is 2.38. The lowest BCUT2D eigenvalue weighted by molar-refractivity contribution is -0.158. The van der Waals surface area contributed by atoms with Crippen LogP contribution in [0.15, 0.2) is 18.2 Å². The van der Waals surface area contributed by atoms with Gasteiger partial charge < -0.3 is 25.4 Å². The average Bonchev–Trinajstić information content (AvgIpc) is 3.25. The van der Waals surface area contributed by atoms with Gasteiger partial charge in [0.05, 0.1) is 34.6 Å². The zero-order chi connectivity index (χ0) is 33.1. The molecule has 0 saturated heterocycles. The maximum absolute atomic E-state index is 13.3. The van der Waals surface area contributed by atoms with E-state index in [1.807, 2.05) is 35.8 Å². The molecule has 0 radical (unpaired) electrons. The van der Waals surface area contributed by atoms with E-state index in [1.54, 1.807) is 6.07 Å². The number of benzene rings is 1. The number of ether oxygens (including phenoxy) is 2. The molecular formula is C34H49N5O6. The Hall–Kier alpha value is -3.73. The molecule has 2 aliphatic rings. The Morgan fingerprint density at radius 3 is 2.42 bits per heavy atom. The van der Waals surface area contributed by atoms with Crippen molar-refractivity contribution in [2.75, 3.05) is 26.0 Å². The van der Waals surface area contributed by atoms with E-state index in [0.717, 1.165) is 41.9 Å². The van der Waals surface area contributed by atoms with Gasteiger partial charge in [-0.3, -0.25) is 19.2 Å². The molecule has 1 aromatic carbocycles. The zero-order valence-electron chi connectivity index (χ0n) is 27.8. The van der Waals surface area contributed by atoms with Crippen LogP contribution in [-0.4, -0.2) is 77.2 Å². The summed E-state index contributed by atoms with van der Waals surface area (Å²) in [6.45, 7) is 10.2. The van der Waals surface area contributed by atoms with Crippen LogP contribution in [0.3, 0.4) is 0 Å². The second-order valence-corrected chi connectivity index (χ2v) is 14.1. The zero-order valence-corrected chi connectivity index (χ0v) is 27.8. The molecule has 0 aliphatic heterocycles. The highest BCUT2D eigenvalue weighted by molar-refractivity contribution is 6.00. The molecule has 0 bridgehead atoms. The quantitative estimate of drug-likeness (QED) is 0.327. The lowest BCUT2D eigenvalue weighted by atomic mass is 9.75. The normalized spacial score (nSPS) is 20.1. The molecule has 1 atom stereocenters. The molecule has 1 saturated carbocycles. The molecule has 1 fully saturated rings. The maximum atomic E-state index is 13.3. The molecule has 45 heavy (non-hydrogen) atoms. The van der Waals surface area contributed by atoms with Gasteiger partial charge in [-0.25, -0.2) is 4.68 Å². The average molecular weight is 624 g/mol. The lowest BCUT2D eigenvalue weighted by Crippen LogP contribution is -2.35. The first kappa shape index (κ1) is 34.1. The summed E-state index contributed by atoms with van der Waals surface area (Å²) in [7, 11) is 3.70. The number of carbonyl (C=O) groups excluding carboxylic acids is 4. The monoisotopic (exact) mass is 623 g/mol. The number of nitrogens with two attached hydrogens (primary N) is 1. The molecule has 1 heterocycles. The highest BCUT2D eigenvalue weighted by atomic mass is 16.6. The number of anilines is 1. The third kappa shape index (κ3) is 8.93. The van der Waals surface area contributed by atoms with Gasteiger partial charge in [-0.1, -0.05) is 27.7 Å². The van der Waals surface area contributed by atoms with Crippen molar-refractivity contribution in [1.82, 2.24) is 14.7 Å². The minimum atomic E-state index is -0.562. The van der Waals surface area contributed by atoms with Gasteiger partial charge in [0.2, 0.25) is 0 Å². The molecule has 1 unspecified atom stereocenters. The van der Waals surface area contributed by atoms with Gasteiger partial charge in [-0.05, 0) is 82.2 Å². The fourth-order valence-corrected chi connectivity index (χ4v) is 6.52. The first-order valence-electron chi connectivity index (χ1n) is 16.0. The van der Waals surface area contributed by atoms with Crippen LogP contribution < -0.4 is 11.1 Å². The summed E-state index contributed by atoms with van der Waals surface area (Å²) >= 11 is 0. The van der Waals surface area contributed by atoms with Crippen LogP contribution in [0.4, 0.5) is 5.69 Å². The SMILES string of the molecule is CC(=O)OC(CC(=O)O[C@H]1CC[C@H](Nc2cc(-n3nc(CC(C)C)c4c3CC(C)(C)CC4=O)ccc2C(N)=O)CC1)CN(C)C. The van der Waals surface area contributed by atoms with Crippen LogP contribution >= 0.6 is 0 Å². The van der Waals surface area contributed by atoms with E-state index in [2.05, 4.69) is 33.0 Å². The highest BCUT2D eigenvalue weighted by Gasteiger charge is 2.37. The standard InChI is InChI=1S/C34H49N5O6/c1-20(2)14-28-32-29(17-34(4,5)18-30(32)41)39(37-28)23-10-13-26(33(35)43)27(15-23)36-22-8-11-24(12-9-22)45-31(42)16-25(19-38(6)7)44-21(3)40/h10,13,15,20,22,24-25,36H,8-9,11-12,14,16-19H2,1-7H3,(H2,35,43)/t22-,24-,25?. The Morgan fingerprint density at radius 2 is 1.82 bits per heavy atom. The lowest BCUT2D eigenvalue weighted by Gasteiger charge is -2.31. The predicted octanol–water partition coefficient (Wildman–Crippen LogP) is 4.47. The topological polar surface area (TPSA) is 146 Å². The predicted molar refractivity (Wildman–Crippen MR) is 172 cm³/mol. The van der Waals surface area contributed by atoms with E-state index in [9.17, 15) is 19.2 Å². The molecule has 1 amide bonds. The summed E-state index contributed by atoms with van der Waals surface area (Å²) in [5.41, 5.74) is 9.83. The summed E-state index contributed by atoms with van der Waals surface area (Å²) in [6, 6.07) is 5.48. The van der Waals surface area contributed by atoms with Gasteiger partial charge >= 0.3 is 11.9 Å². The van der Waals surface area contributed by atoms with Crippen LogP contribution in [0.2, 0.25) is 0 Å². The van der Waals surface area contributed by atoms with Crippen molar-refractivity contribution >= 4 is 29.3 Å². The van der Waals surface area contributed by atoms with Gasteiger partial charge in [0, 0.05) is 31.6 Å². The number of amides is 1. The van der Waals surface area contributed by atoms with Crippen molar-refractivity contribution in [3.8, 4) is 5.69 Å². The molecule has 2 aliphatic carbocycles. The summed E-state index contributed by atoms with van der Waals surface area (Å²) in [5.74, 6) is -0.874. The van der Waals surface area contributed by atoms with Crippen molar-refractivity contribution in [3.63, 3.8) is 0 Å². The molecule has 0 spiro atoms. The molecule has 1 aromatic heterocycles. The molecule has 2 aromatic rings. The van der Waals surface area contributed by atoms with E-state index in [4.69, 9.17) is 20.3 Å². The number of Topliss-reactive ketones (excluding diaryl/α,β-unsaturated/α-hetero) is 1. The Labute approximate surface area is 266 Å². The summed E-state index contributed by atoms with van der Waals surface area (Å²) in [6.07, 6.45) is 3.90. The number of carbonyl (C=O) groups is 4. The number of rotatable bonds is 12. The first-order valence-corrected chi connectivity index (χ1v) is 16.0. The van der Waals surface area contributed by atoms with Crippen LogP contribution in [0.5, 0.6) is 0 Å². The van der Waals surface area contributed by atoms with Crippen molar-refractivity contribution in [2.45, 2.75) is 104 Å². The summed E-state index contributed by atoms with van der Waals surface area (Å²) in [4.78, 5) is 51.6. The van der Waals surface area contributed by atoms with Gasteiger partial charge in [-0.2, -0.15) is 5.10 Å². The third-order valence-corrected chi connectivity index (χ3v) is 8.36. The molecule has 4 rings (SSSR count).